The molecule has 0 aliphatic heterocycles. The molecular formula is C18H22ClN. The molecule has 0 aliphatic carbocycles. The van der Waals surface area contributed by atoms with Crippen molar-refractivity contribution in [2.75, 3.05) is 6.54 Å². The van der Waals surface area contributed by atoms with Crippen LogP contribution in [0.5, 0.6) is 0 Å². The Morgan fingerprint density at radius 3 is 2.20 bits per heavy atom. The van der Waals surface area contributed by atoms with Crippen LogP contribution in [0.2, 0.25) is 5.02 Å². The quantitative estimate of drug-likeness (QED) is 0.771. The highest BCUT2D eigenvalue weighted by molar-refractivity contribution is 6.30. The average Bonchev–Trinajstić information content (AvgIpc) is 2.48. The summed E-state index contributed by atoms with van der Waals surface area (Å²) in [4.78, 5) is 0. The zero-order chi connectivity index (χ0) is 14.4. The molecule has 2 atom stereocenters. The van der Waals surface area contributed by atoms with Gasteiger partial charge in [0.1, 0.15) is 0 Å². The fourth-order valence-corrected chi connectivity index (χ4v) is 2.46. The van der Waals surface area contributed by atoms with Gasteiger partial charge < -0.3 is 5.32 Å². The van der Waals surface area contributed by atoms with Gasteiger partial charge in [-0.1, -0.05) is 61.0 Å². The topological polar surface area (TPSA) is 12.0 Å². The van der Waals surface area contributed by atoms with E-state index in [2.05, 4.69) is 61.6 Å². The van der Waals surface area contributed by atoms with E-state index in [4.69, 9.17) is 11.6 Å². The summed E-state index contributed by atoms with van der Waals surface area (Å²) in [5, 5.41) is 4.37. The molecule has 2 heteroatoms. The van der Waals surface area contributed by atoms with Crippen molar-refractivity contribution in [1.82, 2.24) is 5.32 Å². The van der Waals surface area contributed by atoms with Gasteiger partial charge in [-0.05, 0) is 49.1 Å². The van der Waals surface area contributed by atoms with Crippen molar-refractivity contribution in [3.05, 3.63) is 70.7 Å². The van der Waals surface area contributed by atoms with Crippen molar-refractivity contribution >= 4 is 11.6 Å². The summed E-state index contributed by atoms with van der Waals surface area (Å²) >= 11 is 5.91. The summed E-state index contributed by atoms with van der Waals surface area (Å²) in [5.74, 6) is 0.584. The Balaban J connectivity index is 1.79. The fraction of sp³-hybridized carbons (Fsp3) is 0.333. The van der Waals surface area contributed by atoms with E-state index in [0.29, 0.717) is 12.0 Å². The SMILES string of the molecule is CC(CCN[C@H](C)c1ccc(Cl)cc1)c1ccccc1. The van der Waals surface area contributed by atoms with Crippen molar-refractivity contribution in [3.63, 3.8) is 0 Å². The number of benzene rings is 2. The highest BCUT2D eigenvalue weighted by atomic mass is 35.5. The fourth-order valence-electron chi connectivity index (χ4n) is 2.33. The van der Waals surface area contributed by atoms with E-state index in [-0.39, 0.29) is 0 Å². The normalized spacial score (nSPS) is 13.9. The van der Waals surface area contributed by atoms with E-state index in [9.17, 15) is 0 Å². The highest BCUT2D eigenvalue weighted by Gasteiger charge is 2.07. The first-order chi connectivity index (χ1) is 9.66. The maximum absolute atomic E-state index is 5.91. The molecule has 1 unspecified atom stereocenters. The molecule has 0 bridgehead atoms. The van der Waals surface area contributed by atoms with Gasteiger partial charge in [0.15, 0.2) is 0 Å². The van der Waals surface area contributed by atoms with E-state index < -0.39 is 0 Å². The summed E-state index contributed by atoms with van der Waals surface area (Å²) in [7, 11) is 0. The molecule has 1 N–H and O–H groups in total. The molecule has 2 aromatic carbocycles. The molecule has 20 heavy (non-hydrogen) atoms. The van der Waals surface area contributed by atoms with Crippen LogP contribution in [-0.2, 0) is 0 Å². The summed E-state index contributed by atoms with van der Waals surface area (Å²) in [5.41, 5.74) is 2.69. The van der Waals surface area contributed by atoms with Gasteiger partial charge in [0.25, 0.3) is 0 Å². The van der Waals surface area contributed by atoms with Gasteiger partial charge in [0.2, 0.25) is 0 Å². The minimum atomic E-state index is 0.357. The highest BCUT2D eigenvalue weighted by Crippen LogP contribution is 2.19. The molecule has 1 nitrogen and oxygen atoms in total. The van der Waals surface area contributed by atoms with Crippen LogP contribution in [0.15, 0.2) is 54.6 Å². The van der Waals surface area contributed by atoms with Crippen LogP contribution in [0.4, 0.5) is 0 Å². The van der Waals surface area contributed by atoms with Crippen LogP contribution >= 0.6 is 11.6 Å². The van der Waals surface area contributed by atoms with Crippen LogP contribution < -0.4 is 5.32 Å². The molecule has 0 amide bonds. The lowest BCUT2D eigenvalue weighted by Gasteiger charge is -2.17. The lowest BCUT2D eigenvalue weighted by atomic mass is 9.98. The number of rotatable bonds is 6. The number of hydrogen-bond donors (Lipinski definition) is 1. The van der Waals surface area contributed by atoms with E-state index in [1.165, 1.54) is 11.1 Å². The van der Waals surface area contributed by atoms with Gasteiger partial charge >= 0.3 is 0 Å². The molecule has 0 aromatic heterocycles. The molecule has 0 spiro atoms. The van der Waals surface area contributed by atoms with Crippen molar-refractivity contribution < 1.29 is 0 Å². The lowest BCUT2D eigenvalue weighted by molar-refractivity contribution is 0.531. The molecular weight excluding hydrogens is 266 g/mol. The minimum Gasteiger partial charge on any atom is -0.310 e. The van der Waals surface area contributed by atoms with Crippen LogP contribution in [0, 0.1) is 0 Å². The van der Waals surface area contributed by atoms with Crippen LogP contribution in [-0.4, -0.2) is 6.54 Å². The Morgan fingerprint density at radius 1 is 0.900 bits per heavy atom. The molecule has 2 rings (SSSR count). The monoisotopic (exact) mass is 287 g/mol. The van der Waals surface area contributed by atoms with E-state index in [0.717, 1.165) is 18.0 Å². The Kier molecular flexibility index (Phi) is 5.63. The smallest absolute Gasteiger partial charge is 0.0406 e. The van der Waals surface area contributed by atoms with Gasteiger partial charge in [-0.2, -0.15) is 0 Å². The molecule has 0 saturated heterocycles. The van der Waals surface area contributed by atoms with Crippen molar-refractivity contribution in [2.24, 2.45) is 0 Å². The van der Waals surface area contributed by atoms with Gasteiger partial charge in [-0.15, -0.1) is 0 Å². The standard InChI is InChI=1S/C18H22ClN/c1-14(16-6-4-3-5-7-16)12-13-20-15(2)17-8-10-18(19)11-9-17/h3-11,14-15,20H,12-13H2,1-2H3/t14?,15-/m1/s1. The van der Waals surface area contributed by atoms with Crippen molar-refractivity contribution in [1.29, 1.82) is 0 Å². The predicted molar refractivity (Wildman–Crippen MR) is 87.3 cm³/mol. The predicted octanol–water partition coefficient (Wildman–Crippen LogP) is 5.18. The van der Waals surface area contributed by atoms with Gasteiger partial charge in [0, 0.05) is 11.1 Å². The number of hydrogen-bond acceptors (Lipinski definition) is 1. The third-order valence-electron chi connectivity index (χ3n) is 3.77. The Bertz CT molecular complexity index is 507. The van der Waals surface area contributed by atoms with Crippen LogP contribution in [0.3, 0.4) is 0 Å². The molecule has 106 valence electrons. The summed E-state index contributed by atoms with van der Waals surface area (Å²) < 4.78 is 0. The second-order valence-electron chi connectivity index (χ2n) is 5.33. The summed E-state index contributed by atoms with van der Waals surface area (Å²) in [6.07, 6.45) is 1.14. The van der Waals surface area contributed by atoms with E-state index >= 15 is 0 Å². The Morgan fingerprint density at radius 2 is 1.55 bits per heavy atom. The molecule has 0 heterocycles. The first-order valence-corrected chi connectivity index (χ1v) is 7.58. The average molecular weight is 288 g/mol. The molecule has 0 fully saturated rings. The van der Waals surface area contributed by atoms with E-state index in [1.807, 2.05) is 12.1 Å². The minimum absolute atomic E-state index is 0.357. The summed E-state index contributed by atoms with van der Waals surface area (Å²) in [6, 6.07) is 19.1. The third kappa shape index (κ3) is 4.36. The second kappa shape index (κ2) is 7.47. The van der Waals surface area contributed by atoms with Crippen LogP contribution in [0.1, 0.15) is 43.4 Å². The molecule has 0 aliphatic rings. The maximum atomic E-state index is 5.91. The van der Waals surface area contributed by atoms with Crippen LogP contribution in [0.25, 0.3) is 0 Å². The first kappa shape index (κ1) is 15.1. The summed E-state index contributed by atoms with van der Waals surface area (Å²) in [6.45, 7) is 5.49. The third-order valence-corrected chi connectivity index (χ3v) is 4.02. The molecule has 0 radical (unpaired) electrons. The zero-order valence-corrected chi connectivity index (χ0v) is 12.9. The van der Waals surface area contributed by atoms with E-state index in [1.54, 1.807) is 0 Å². The maximum Gasteiger partial charge on any atom is 0.0406 e. The zero-order valence-electron chi connectivity index (χ0n) is 12.1. The van der Waals surface area contributed by atoms with Gasteiger partial charge in [0.05, 0.1) is 0 Å². The number of halogens is 1. The van der Waals surface area contributed by atoms with Gasteiger partial charge in [-0.25, -0.2) is 0 Å². The molecule has 0 saturated carbocycles. The molecule has 2 aromatic rings. The van der Waals surface area contributed by atoms with Gasteiger partial charge in [-0.3, -0.25) is 0 Å². The largest absolute Gasteiger partial charge is 0.310 e. The van der Waals surface area contributed by atoms with Crippen molar-refractivity contribution in [3.8, 4) is 0 Å². The van der Waals surface area contributed by atoms with Crippen molar-refractivity contribution in [2.45, 2.75) is 32.2 Å². The Labute approximate surface area is 127 Å². The first-order valence-electron chi connectivity index (χ1n) is 7.20. The lowest BCUT2D eigenvalue weighted by Crippen LogP contribution is -2.21. The number of nitrogens with one attached hydrogen (secondary N) is 1. The Hall–Kier alpha value is -1.31. The second-order valence-corrected chi connectivity index (χ2v) is 5.76.